The van der Waals surface area contributed by atoms with Crippen molar-refractivity contribution in [3.8, 4) is 0 Å². The standard InChI is InChI=1S/C13H22N4O3/c1-16(7-3-2-4-8-18)10-11-5-6-12(15-14)13(9-11)17(19)20/h5-6,9,15,18H,2-4,7-8,10,14H2,1H3. The molecule has 0 bridgehead atoms. The summed E-state index contributed by atoms with van der Waals surface area (Å²) >= 11 is 0. The average Bonchev–Trinajstić information content (AvgIpc) is 2.43. The van der Waals surface area contributed by atoms with E-state index in [4.69, 9.17) is 10.9 Å². The van der Waals surface area contributed by atoms with Crippen LogP contribution < -0.4 is 11.3 Å². The van der Waals surface area contributed by atoms with Crippen molar-refractivity contribution in [1.29, 1.82) is 0 Å². The molecule has 1 rings (SSSR count). The van der Waals surface area contributed by atoms with Crippen LogP contribution in [-0.4, -0.2) is 35.1 Å². The summed E-state index contributed by atoms with van der Waals surface area (Å²) in [6, 6.07) is 4.99. The molecule has 0 aliphatic carbocycles. The number of hydrazine groups is 1. The number of rotatable bonds is 9. The molecule has 0 fully saturated rings. The van der Waals surface area contributed by atoms with Crippen molar-refractivity contribution in [1.82, 2.24) is 4.90 Å². The number of nitro benzene ring substituents is 1. The summed E-state index contributed by atoms with van der Waals surface area (Å²) < 4.78 is 0. The van der Waals surface area contributed by atoms with Gasteiger partial charge >= 0.3 is 0 Å². The van der Waals surface area contributed by atoms with Gasteiger partial charge in [-0.05, 0) is 44.5 Å². The van der Waals surface area contributed by atoms with Gasteiger partial charge in [0.15, 0.2) is 0 Å². The number of hydrogen-bond donors (Lipinski definition) is 3. The third-order valence-electron chi connectivity index (χ3n) is 3.06. The lowest BCUT2D eigenvalue weighted by molar-refractivity contribution is -0.384. The van der Waals surface area contributed by atoms with E-state index in [9.17, 15) is 10.1 Å². The summed E-state index contributed by atoms with van der Waals surface area (Å²) in [5.74, 6) is 5.25. The summed E-state index contributed by atoms with van der Waals surface area (Å²) in [7, 11) is 1.97. The average molecular weight is 282 g/mol. The smallest absolute Gasteiger partial charge is 0.293 e. The zero-order chi connectivity index (χ0) is 15.0. The van der Waals surface area contributed by atoms with Gasteiger partial charge in [-0.25, -0.2) is 0 Å². The van der Waals surface area contributed by atoms with Gasteiger partial charge in [0.25, 0.3) is 5.69 Å². The maximum atomic E-state index is 10.9. The van der Waals surface area contributed by atoms with Gasteiger partial charge in [-0.15, -0.1) is 0 Å². The Morgan fingerprint density at radius 2 is 2.15 bits per heavy atom. The topological polar surface area (TPSA) is 105 Å². The molecule has 0 heterocycles. The zero-order valence-electron chi connectivity index (χ0n) is 11.7. The van der Waals surface area contributed by atoms with Crippen molar-refractivity contribution in [3.05, 3.63) is 33.9 Å². The number of nitro groups is 1. The predicted molar refractivity (Wildman–Crippen MR) is 78.2 cm³/mol. The molecular weight excluding hydrogens is 260 g/mol. The Morgan fingerprint density at radius 1 is 1.40 bits per heavy atom. The second kappa shape index (κ2) is 8.47. The first-order valence-corrected chi connectivity index (χ1v) is 6.61. The highest BCUT2D eigenvalue weighted by Crippen LogP contribution is 2.25. The lowest BCUT2D eigenvalue weighted by Gasteiger charge is -2.16. The third-order valence-corrected chi connectivity index (χ3v) is 3.06. The van der Waals surface area contributed by atoms with Crippen LogP contribution in [0.3, 0.4) is 0 Å². The normalized spacial score (nSPS) is 10.8. The van der Waals surface area contributed by atoms with Gasteiger partial charge in [0.1, 0.15) is 5.69 Å². The quantitative estimate of drug-likeness (QED) is 0.274. The van der Waals surface area contributed by atoms with Gasteiger partial charge in [0.05, 0.1) is 4.92 Å². The number of anilines is 1. The first-order valence-electron chi connectivity index (χ1n) is 6.61. The molecule has 1 aromatic carbocycles. The number of nitrogens with one attached hydrogen (secondary N) is 1. The van der Waals surface area contributed by atoms with E-state index in [0.29, 0.717) is 12.2 Å². The summed E-state index contributed by atoms with van der Waals surface area (Å²) in [6.07, 6.45) is 2.80. The van der Waals surface area contributed by atoms with Crippen molar-refractivity contribution in [2.75, 3.05) is 25.6 Å². The molecule has 0 saturated carbocycles. The van der Waals surface area contributed by atoms with Crippen molar-refractivity contribution < 1.29 is 10.0 Å². The summed E-state index contributed by atoms with van der Waals surface area (Å²) in [5.41, 5.74) is 3.50. The number of nitrogens with zero attached hydrogens (tertiary/aromatic N) is 2. The fraction of sp³-hybridized carbons (Fsp3) is 0.538. The van der Waals surface area contributed by atoms with Crippen LogP contribution in [0.25, 0.3) is 0 Å². The highest BCUT2D eigenvalue weighted by Gasteiger charge is 2.14. The van der Waals surface area contributed by atoms with E-state index >= 15 is 0 Å². The van der Waals surface area contributed by atoms with Crippen LogP contribution in [0.1, 0.15) is 24.8 Å². The lowest BCUT2D eigenvalue weighted by Crippen LogP contribution is -2.19. The van der Waals surface area contributed by atoms with Crippen molar-refractivity contribution in [2.24, 2.45) is 5.84 Å². The molecule has 0 aromatic heterocycles. The van der Waals surface area contributed by atoms with Crippen molar-refractivity contribution in [3.63, 3.8) is 0 Å². The van der Waals surface area contributed by atoms with E-state index in [1.165, 1.54) is 0 Å². The molecule has 0 unspecified atom stereocenters. The minimum atomic E-state index is -0.445. The number of aliphatic hydroxyl groups excluding tert-OH is 1. The van der Waals surface area contributed by atoms with E-state index in [-0.39, 0.29) is 12.3 Å². The minimum absolute atomic E-state index is 0.0151. The Balaban J connectivity index is 2.59. The van der Waals surface area contributed by atoms with Crippen LogP contribution in [-0.2, 0) is 6.54 Å². The van der Waals surface area contributed by atoms with Gasteiger partial charge < -0.3 is 15.4 Å². The number of unbranched alkanes of at least 4 members (excludes halogenated alkanes) is 2. The van der Waals surface area contributed by atoms with Crippen molar-refractivity contribution >= 4 is 11.4 Å². The molecule has 112 valence electrons. The second-order valence-corrected chi connectivity index (χ2v) is 4.77. The molecule has 0 amide bonds. The van der Waals surface area contributed by atoms with Gasteiger partial charge in [0.2, 0.25) is 0 Å². The zero-order valence-corrected chi connectivity index (χ0v) is 11.7. The molecular formula is C13H22N4O3. The largest absolute Gasteiger partial charge is 0.396 e. The molecule has 0 spiro atoms. The minimum Gasteiger partial charge on any atom is -0.396 e. The van der Waals surface area contributed by atoms with E-state index in [1.54, 1.807) is 12.1 Å². The molecule has 4 N–H and O–H groups in total. The monoisotopic (exact) mass is 282 g/mol. The molecule has 20 heavy (non-hydrogen) atoms. The van der Waals surface area contributed by atoms with Crippen LogP contribution in [0.4, 0.5) is 11.4 Å². The van der Waals surface area contributed by atoms with E-state index in [0.717, 1.165) is 31.4 Å². The van der Waals surface area contributed by atoms with Gasteiger partial charge in [-0.2, -0.15) is 0 Å². The fourth-order valence-corrected chi connectivity index (χ4v) is 2.01. The predicted octanol–water partition coefficient (Wildman–Crippen LogP) is 1.47. The van der Waals surface area contributed by atoms with Crippen LogP contribution in [0.2, 0.25) is 0 Å². The fourth-order valence-electron chi connectivity index (χ4n) is 2.01. The van der Waals surface area contributed by atoms with Gasteiger partial charge in [-0.1, -0.05) is 6.07 Å². The molecule has 0 radical (unpaired) electrons. The number of benzene rings is 1. The summed E-state index contributed by atoms with van der Waals surface area (Å²) in [5, 5.41) is 19.6. The highest BCUT2D eigenvalue weighted by atomic mass is 16.6. The second-order valence-electron chi connectivity index (χ2n) is 4.77. The van der Waals surface area contributed by atoms with Gasteiger partial charge in [-0.3, -0.25) is 16.0 Å². The number of nitrogens with two attached hydrogens (primary N) is 1. The SMILES string of the molecule is CN(CCCCCO)Cc1ccc(NN)c([N+](=O)[O-])c1. The molecule has 0 atom stereocenters. The summed E-state index contributed by atoms with van der Waals surface area (Å²) in [4.78, 5) is 12.6. The van der Waals surface area contributed by atoms with E-state index < -0.39 is 4.92 Å². The van der Waals surface area contributed by atoms with Gasteiger partial charge in [0, 0.05) is 19.2 Å². The molecule has 7 nitrogen and oxygen atoms in total. The first-order chi connectivity index (χ1) is 9.58. The number of nitrogen functional groups attached to an aromatic ring is 1. The van der Waals surface area contributed by atoms with Crippen LogP contribution in [0.15, 0.2) is 18.2 Å². The Bertz CT molecular complexity index is 440. The number of hydrogen-bond acceptors (Lipinski definition) is 6. The molecule has 7 heteroatoms. The van der Waals surface area contributed by atoms with E-state index in [1.807, 2.05) is 13.1 Å². The van der Waals surface area contributed by atoms with Crippen molar-refractivity contribution in [2.45, 2.75) is 25.8 Å². The highest BCUT2D eigenvalue weighted by molar-refractivity contribution is 5.61. The Hall–Kier alpha value is -1.70. The Labute approximate surface area is 118 Å². The first kappa shape index (κ1) is 16.4. The van der Waals surface area contributed by atoms with Crippen LogP contribution in [0, 0.1) is 10.1 Å². The van der Waals surface area contributed by atoms with Crippen LogP contribution in [0.5, 0.6) is 0 Å². The molecule has 0 aliphatic heterocycles. The Kier molecular flexibility index (Phi) is 6.92. The molecule has 1 aromatic rings. The van der Waals surface area contributed by atoms with Crippen LogP contribution >= 0.6 is 0 Å². The third kappa shape index (κ3) is 5.12. The number of aliphatic hydroxyl groups is 1. The maximum absolute atomic E-state index is 10.9. The Morgan fingerprint density at radius 3 is 2.75 bits per heavy atom. The maximum Gasteiger partial charge on any atom is 0.293 e. The molecule has 0 aliphatic rings. The molecule has 0 saturated heterocycles. The van der Waals surface area contributed by atoms with E-state index in [2.05, 4.69) is 10.3 Å². The lowest BCUT2D eigenvalue weighted by atomic mass is 10.1. The summed E-state index contributed by atoms with van der Waals surface area (Å²) in [6.45, 7) is 1.76.